The van der Waals surface area contributed by atoms with Crippen molar-refractivity contribution < 1.29 is 4.74 Å². The van der Waals surface area contributed by atoms with E-state index in [0.717, 1.165) is 19.3 Å². The molecule has 3 atom stereocenters. The molecule has 3 unspecified atom stereocenters. The normalized spacial score (nSPS) is 24.9. The number of ether oxygens (including phenoxy) is 1. The monoisotopic (exact) mass is 276 g/mol. The number of benzene rings is 1. The van der Waals surface area contributed by atoms with Crippen molar-refractivity contribution in [2.75, 3.05) is 0 Å². The molecule has 2 heterocycles. The van der Waals surface area contributed by atoms with Crippen LogP contribution in [-0.4, -0.2) is 18.2 Å². The summed E-state index contributed by atoms with van der Waals surface area (Å²) in [5, 5.41) is 3.59. The zero-order chi connectivity index (χ0) is 13.2. The van der Waals surface area contributed by atoms with Crippen LogP contribution in [0.1, 0.15) is 25.3 Å². The molecule has 1 aromatic heterocycles. The summed E-state index contributed by atoms with van der Waals surface area (Å²) in [5.74, 6) is 5.73. The minimum Gasteiger partial charge on any atom is -0.374 e. The molecule has 0 aliphatic carbocycles. The van der Waals surface area contributed by atoms with Crippen molar-refractivity contribution in [2.24, 2.45) is 5.84 Å². The van der Waals surface area contributed by atoms with Gasteiger partial charge in [0.25, 0.3) is 0 Å². The summed E-state index contributed by atoms with van der Waals surface area (Å²) in [6.45, 7) is 2.13. The number of hydrazine groups is 1. The van der Waals surface area contributed by atoms with Crippen molar-refractivity contribution in [3.05, 3.63) is 35.2 Å². The van der Waals surface area contributed by atoms with Crippen LogP contribution in [0.25, 0.3) is 10.1 Å². The molecule has 19 heavy (non-hydrogen) atoms. The van der Waals surface area contributed by atoms with Crippen molar-refractivity contribution in [1.29, 1.82) is 0 Å². The lowest BCUT2D eigenvalue weighted by Crippen LogP contribution is -2.45. The van der Waals surface area contributed by atoms with Crippen LogP contribution in [0.4, 0.5) is 0 Å². The molecule has 2 aromatic rings. The van der Waals surface area contributed by atoms with E-state index in [2.05, 4.69) is 42.0 Å². The third-order valence-corrected chi connectivity index (χ3v) is 4.94. The van der Waals surface area contributed by atoms with E-state index in [9.17, 15) is 0 Å². The van der Waals surface area contributed by atoms with Gasteiger partial charge >= 0.3 is 0 Å². The summed E-state index contributed by atoms with van der Waals surface area (Å²) in [6.07, 6.45) is 3.75. The molecule has 102 valence electrons. The number of hydrogen-bond acceptors (Lipinski definition) is 4. The largest absolute Gasteiger partial charge is 0.374 e. The first-order chi connectivity index (χ1) is 9.28. The fourth-order valence-electron chi connectivity index (χ4n) is 2.85. The van der Waals surface area contributed by atoms with E-state index >= 15 is 0 Å². The lowest BCUT2D eigenvalue weighted by atomic mass is 9.99. The van der Waals surface area contributed by atoms with Crippen LogP contribution in [0.2, 0.25) is 0 Å². The average molecular weight is 276 g/mol. The molecule has 3 N–H and O–H groups in total. The van der Waals surface area contributed by atoms with Crippen molar-refractivity contribution >= 4 is 21.4 Å². The molecule has 1 saturated heterocycles. The number of fused-ring (bicyclic) bond motifs is 1. The molecule has 1 aliphatic heterocycles. The SMILES string of the molecule is CC1CCC(C(Cc2csc3ccccc23)NN)O1. The Morgan fingerprint density at radius 1 is 1.42 bits per heavy atom. The Labute approximate surface area is 117 Å². The minimum atomic E-state index is 0.197. The van der Waals surface area contributed by atoms with Gasteiger partial charge in [0.2, 0.25) is 0 Å². The van der Waals surface area contributed by atoms with Gasteiger partial charge in [-0.2, -0.15) is 0 Å². The first-order valence-corrected chi connectivity index (χ1v) is 7.72. The molecule has 1 fully saturated rings. The van der Waals surface area contributed by atoms with Crippen LogP contribution >= 0.6 is 11.3 Å². The topological polar surface area (TPSA) is 47.3 Å². The summed E-state index contributed by atoms with van der Waals surface area (Å²) in [6, 6.07) is 8.73. The maximum absolute atomic E-state index is 5.94. The Morgan fingerprint density at radius 3 is 3.00 bits per heavy atom. The first kappa shape index (κ1) is 13.1. The third-order valence-electron chi connectivity index (χ3n) is 3.93. The highest BCUT2D eigenvalue weighted by Crippen LogP contribution is 2.29. The van der Waals surface area contributed by atoms with Crippen molar-refractivity contribution in [1.82, 2.24) is 5.43 Å². The number of nitrogens with one attached hydrogen (secondary N) is 1. The molecule has 0 spiro atoms. The lowest BCUT2D eigenvalue weighted by molar-refractivity contribution is 0.0321. The second kappa shape index (κ2) is 5.59. The van der Waals surface area contributed by atoms with E-state index in [0.29, 0.717) is 6.10 Å². The van der Waals surface area contributed by atoms with E-state index in [1.54, 1.807) is 11.3 Å². The molecule has 3 nitrogen and oxygen atoms in total. The highest BCUT2D eigenvalue weighted by molar-refractivity contribution is 7.17. The van der Waals surface area contributed by atoms with E-state index < -0.39 is 0 Å². The molecular weight excluding hydrogens is 256 g/mol. The van der Waals surface area contributed by atoms with Gasteiger partial charge in [-0.05, 0) is 48.6 Å². The van der Waals surface area contributed by atoms with Crippen LogP contribution in [-0.2, 0) is 11.2 Å². The molecule has 4 heteroatoms. The maximum Gasteiger partial charge on any atom is 0.0749 e. The Morgan fingerprint density at radius 2 is 2.26 bits per heavy atom. The van der Waals surface area contributed by atoms with Crippen molar-refractivity contribution in [2.45, 2.75) is 44.4 Å². The first-order valence-electron chi connectivity index (χ1n) is 6.84. The van der Waals surface area contributed by atoms with E-state index in [1.807, 2.05) is 0 Å². The fraction of sp³-hybridized carbons (Fsp3) is 0.467. The number of hydrogen-bond donors (Lipinski definition) is 2. The molecule has 3 rings (SSSR count). The molecule has 1 aliphatic rings. The summed E-state index contributed by atoms with van der Waals surface area (Å²) in [4.78, 5) is 0. The Kier molecular flexibility index (Phi) is 3.84. The number of nitrogens with two attached hydrogens (primary N) is 1. The third kappa shape index (κ3) is 2.67. The predicted molar refractivity (Wildman–Crippen MR) is 80.2 cm³/mol. The quantitative estimate of drug-likeness (QED) is 0.667. The minimum absolute atomic E-state index is 0.197. The van der Waals surface area contributed by atoms with Gasteiger partial charge in [-0.15, -0.1) is 11.3 Å². The van der Waals surface area contributed by atoms with E-state index in [1.165, 1.54) is 15.6 Å². The van der Waals surface area contributed by atoms with Gasteiger partial charge in [0.1, 0.15) is 0 Å². The Balaban J connectivity index is 1.79. The summed E-state index contributed by atoms with van der Waals surface area (Å²) >= 11 is 1.80. The Hall–Kier alpha value is -0.940. The molecule has 0 radical (unpaired) electrons. The zero-order valence-corrected chi connectivity index (χ0v) is 12.0. The standard InChI is InChI=1S/C15H20N2OS/c1-10-6-7-14(18-10)13(17-16)8-11-9-19-15-5-3-2-4-12(11)15/h2-5,9-10,13-14,17H,6-8,16H2,1H3. The lowest BCUT2D eigenvalue weighted by Gasteiger charge is -2.22. The molecular formula is C15H20N2OS. The summed E-state index contributed by atoms with van der Waals surface area (Å²) in [7, 11) is 0. The van der Waals surface area contributed by atoms with Gasteiger partial charge < -0.3 is 4.74 Å². The van der Waals surface area contributed by atoms with Crippen LogP contribution in [0.5, 0.6) is 0 Å². The van der Waals surface area contributed by atoms with Gasteiger partial charge in [0, 0.05) is 4.70 Å². The smallest absolute Gasteiger partial charge is 0.0749 e. The van der Waals surface area contributed by atoms with Gasteiger partial charge in [0.15, 0.2) is 0 Å². The summed E-state index contributed by atoms with van der Waals surface area (Å²) in [5.41, 5.74) is 4.31. The fourth-order valence-corrected chi connectivity index (χ4v) is 3.83. The Bertz CT molecular complexity index is 554. The molecule has 1 aromatic carbocycles. The van der Waals surface area contributed by atoms with Gasteiger partial charge in [-0.1, -0.05) is 18.2 Å². The van der Waals surface area contributed by atoms with Crippen LogP contribution in [0.3, 0.4) is 0 Å². The number of rotatable bonds is 4. The van der Waals surface area contributed by atoms with Crippen molar-refractivity contribution in [3.8, 4) is 0 Å². The summed E-state index contributed by atoms with van der Waals surface area (Å²) < 4.78 is 7.28. The highest BCUT2D eigenvalue weighted by atomic mass is 32.1. The van der Waals surface area contributed by atoms with E-state index in [4.69, 9.17) is 10.6 Å². The van der Waals surface area contributed by atoms with Crippen LogP contribution < -0.4 is 11.3 Å². The average Bonchev–Trinajstić information content (AvgIpc) is 3.03. The molecule has 0 amide bonds. The van der Waals surface area contributed by atoms with Gasteiger partial charge in [-0.25, -0.2) is 0 Å². The zero-order valence-electron chi connectivity index (χ0n) is 11.1. The van der Waals surface area contributed by atoms with Crippen molar-refractivity contribution in [3.63, 3.8) is 0 Å². The maximum atomic E-state index is 5.94. The molecule has 0 saturated carbocycles. The second-order valence-electron chi connectivity index (χ2n) is 5.30. The van der Waals surface area contributed by atoms with Crippen LogP contribution in [0.15, 0.2) is 29.6 Å². The second-order valence-corrected chi connectivity index (χ2v) is 6.21. The van der Waals surface area contributed by atoms with E-state index in [-0.39, 0.29) is 12.1 Å². The van der Waals surface area contributed by atoms with Crippen LogP contribution in [0, 0.1) is 0 Å². The van der Waals surface area contributed by atoms with Gasteiger partial charge in [-0.3, -0.25) is 11.3 Å². The van der Waals surface area contributed by atoms with Gasteiger partial charge in [0.05, 0.1) is 18.2 Å². The predicted octanol–water partition coefficient (Wildman–Crippen LogP) is 2.84. The molecule has 0 bridgehead atoms. The number of thiophene rings is 1. The highest BCUT2D eigenvalue weighted by Gasteiger charge is 2.29.